The van der Waals surface area contributed by atoms with Crippen molar-refractivity contribution in [3.8, 4) is 41.2 Å². The number of carbonyl (C=O) groups excluding carboxylic acids is 3. The maximum absolute atomic E-state index is 17.7. The highest BCUT2D eigenvalue weighted by Crippen LogP contribution is 2.49. The normalized spacial score (nSPS) is 20.4. The topological polar surface area (TPSA) is 167 Å². The lowest BCUT2D eigenvalue weighted by Gasteiger charge is -2.45. The highest BCUT2D eigenvalue weighted by atomic mass is 19.1. The summed E-state index contributed by atoms with van der Waals surface area (Å²) in [5, 5.41) is 3.12. The van der Waals surface area contributed by atoms with Gasteiger partial charge in [0, 0.05) is 56.0 Å². The van der Waals surface area contributed by atoms with Crippen molar-refractivity contribution in [2.45, 2.75) is 102 Å². The molecule has 0 spiro atoms. The maximum Gasteiger partial charge on any atom is 0.413 e. The molecule has 67 heavy (non-hydrogen) atoms. The Morgan fingerprint density at radius 2 is 1.76 bits per heavy atom. The quantitative estimate of drug-likeness (QED) is 0.0479. The summed E-state index contributed by atoms with van der Waals surface area (Å²) in [5.74, 6) is 0.733. The van der Waals surface area contributed by atoms with E-state index in [2.05, 4.69) is 23.1 Å². The van der Waals surface area contributed by atoms with Gasteiger partial charge in [0.25, 0.3) is 0 Å². The molecule has 1 saturated carbocycles. The molecule has 5 aliphatic rings. The monoisotopic (exact) mass is 925 g/mol. The van der Waals surface area contributed by atoms with Gasteiger partial charge >= 0.3 is 24.2 Å². The second kappa shape index (κ2) is 20.0. The third kappa shape index (κ3) is 9.71. The van der Waals surface area contributed by atoms with Crippen LogP contribution in [0.3, 0.4) is 0 Å². The predicted molar refractivity (Wildman–Crippen MR) is 243 cm³/mol. The highest BCUT2D eigenvalue weighted by molar-refractivity contribution is 6.04. The Morgan fingerprint density at radius 1 is 0.970 bits per heavy atom. The Morgan fingerprint density at radius 3 is 2.52 bits per heavy atom. The molecule has 18 heteroatoms. The van der Waals surface area contributed by atoms with Gasteiger partial charge in [0.2, 0.25) is 12.7 Å². The number of nitrogens with zero attached hydrogens (tertiary/aromatic N) is 6. The molecule has 0 radical (unpaired) electrons. The van der Waals surface area contributed by atoms with E-state index in [1.54, 1.807) is 4.90 Å². The molecule has 9 rings (SSSR count). The highest BCUT2D eigenvalue weighted by Gasteiger charge is 2.52. The molecular weight excluding hydrogens is 869 g/mol. The third-order valence-corrected chi connectivity index (χ3v) is 13.8. The number of fused-ring (bicyclic) bond motifs is 6. The van der Waals surface area contributed by atoms with E-state index in [1.165, 1.54) is 50.6 Å². The van der Waals surface area contributed by atoms with Crippen molar-refractivity contribution in [2.75, 3.05) is 71.3 Å². The number of hydrogen-bond donors (Lipinski definition) is 1. The van der Waals surface area contributed by atoms with Crippen LogP contribution in [0.4, 0.5) is 24.2 Å². The number of hydrogen-bond acceptors (Lipinski definition) is 14. The van der Waals surface area contributed by atoms with Gasteiger partial charge < -0.3 is 38.6 Å². The zero-order valence-electron chi connectivity index (χ0n) is 38.1. The van der Waals surface area contributed by atoms with Crippen LogP contribution in [0.25, 0.3) is 32.9 Å². The minimum absolute atomic E-state index is 0.00177. The van der Waals surface area contributed by atoms with E-state index >= 15 is 8.78 Å². The Balaban J connectivity index is 1.03. The summed E-state index contributed by atoms with van der Waals surface area (Å²) in [4.78, 5) is 59.2. The molecular formula is C49H57F2N7O9. The molecule has 6 heterocycles. The van der Waals surface area contributed by atoms with Crippen molar-refractivity contribution >= 4 is 45.6 Å². The van der Waals surface area contributed by atoms with E-state index in [4.69, 9.17) is 49.8 Å². The van der Waals surface area contributed by atoms with Crippen molar-refractivity contribution < 1.29 is 51.6 Å². The Hall–Kier alpha value is -6.06. The average molecular weight is 926 g/mol. The van der Waals surface area contributed by atoms with Crippen molar-refractivity contribution in [1.29, 1.82) is 0 Å². The largest absolute Gasteiger partial charge is 0.475 e. The first-order chi connectivity index (χ1) is 32.6. The fraction of sp³-hybridized carbons (Fsp3) is 0.551. The minimum atomic E-state index is -0.888. The molecule has 356 valence electrons. The molecule has 1 aliphatic carbocycles. The molecule has 3 saturated heterocycles. The molecule has 1 N–H and O–H groups in total. The van der Waals surface area contributed by atoms with E-state index in [0.29, 0.717) is 56.8 Å². The van der Waals surface area contributed by atoms with Gasteiger partial charge in [0.05, 0.1) is 43.5 Å². The first-order valence-corrected chi connectivity index (χ1v) is 23.6. The first kappa shape index (κ1) is 46.1. The lowest BCUT2D eigenvalue weighted by Crippen LogP contribution is -2.63. The number of nitrogens with one attached hydrogen (secondary N) is 1. The Labute approximate surface area is 387 Å². The van der Waals surface area contributed by atoms with Crippen LogP contribution in [-0.4, -0.2) is 127 Å². The van der Waals surface area contributed by atoms with Crippen molar-refractivity contribution in [3.05, 3.63) is 41.5 Å². The lowest BCUT2D eigenvalue weighted by atomic mass is 9.95. The fourth-order valence-electron chi connectivity index (χ4n) is 10.0. The lowest BCUT2D eigenvalue weighted by molar-refractivity contribution is -0.152. The van der Waals surface area contributed by atoms with E-state index in [9.17, 15) is 14.4 Å². The third-order valence-electron chi connectivity index (χ3n) is 13.8. The first-order valence-electron chi connectivity index (χ1n) is 23.6. The number of unbranched alkanes of at least 4 members (excludes halogenated alkanes) is 6. The van der Waals surface area contributed by atoms with Crippen LogP contribution in [0.2, 0.25) is 0 Å². The van der Waals surface area contributed by atoms with Crippen LogP contribution in [-0.2, 0) is 19.0 Å². The number of anilines is 1. The zero-order chi connectivity index (χ0) is 46.7. The molecule has 2 amide bonds. The van der Waals surface area contributed by atoms with Gasteiger partial charge in [-0.05, 0) is 55.7 Å². The van der Waals surface area contributed by atoms with Crippen LogP contribution in [0.1, 0.15) is 89.5 Å². The molecule has 2 aromatic heterocycles. The number of piperazine rings is 1. The minimum Gasteiger partial charge on any atom is -0.475 e. The Bertz CT molecular complexity index is 2560. The molecule has 4 aromatic rings. The van der Waals surface area contributed by atoms with E-state index < -0.39 is 48.7 Å². The molecule has 16 nitrogen and oxygen atoms in total. The number of pyridine rings is 1. The van der Waals surface area contributed by atoms with E-state index in [1.807, 2.05) is 4.90 Å². The van der Waals surface area contributed by atoms with Gasteiger partial charge in [-0.2, -0.15) is 9.97 Å². The fourth-order valence-corrected chi connectivity index (χ4v) is 10.0. The van der Waals surface area contributed by atoms with Crippen LogP contribution >= 0.6 is 0 Å². The van der Waals surface area contributed by atoms with Gasteiger partial charge in [0.15, 0.2) is 5.82 Å². The van der Waals surface area contributed by atoms with Crippen LogP contribution in [0.15, 0.2) is 24.3 Å². The number of terminal acetylenes is 1. The van der Waals surface area contributed by atoms with Crippen LogP contribution in [0.5, 0.6) is 17.6 Å². The Kier molecular flexibility index (Phi) is 13.8. The summed E-state index contributed by atoms with van der Waals surface area (Å²) in [6.45, 7) is 6.07. The number of carbonyl (C=O) groups is 3. The van der Waals surface area contributed by atoms with Crippen molar-refractivity contribution in [2.24, 2.45) is 5.41 Å². The van der Waals surface area contributed by atoms with Gasteiger partial charge in [-0.3, -0.25) is 14.6 Å². The number of esters is 1. The molecule has 4 fully saturated rings. The summed E-state index contributed by atoms with van der Waals surface area (Å²) in [7, 11) is 1.40. The maximum atomic E-state index is 17.7. The predicted octanol–water partition coefficient (Wildman–Crippen LogP) is 7.51. The summed E-state index contributed by atoms with van der Waals surface area (Å²) >= 11 is 0. The number of amides is 2. The standard InChI is InChI=1S/C49H57F2N7O9/c1-4-6-7-8-9-10-11-12-38(59)65-29-66-48(61)58-31-14-16-36(58)37-26-63-45-40-43(54-46(55-44(40)57(37)25-31)64-28-49(17-18-49)27-56-19-21-62-22-20-56)41(51)42(53-45)34-24-32(67-47(60)52-3)23-30-13-15-35(50)33(5-2)39(30)34/h2,13,15,23-24,31,36-37H,4,6-12,14,16-22,25-29H2,1,3H3,(H,52,60)/t31-,36+,37-/m1/s1. The van der Waals surface area contributed by atoms with Crippen molar-refractivity contribution in [1.82, 2.24) is 30.1 Å². The number of halogens is 2. The zero-order valence-corrected chi connectivity index (χ0v) is 38.1. The average Bonchev–Trinajstić information content (AvgIpc) is 4.05. The number of morpholine rings is 1. The smallest absolute Gasteiger partial charge is 0.413 e. The van der Waals surface area contributed by atoms with Gasteiger partial charge in [0.1, 0.15) is 40.6 Å². The summed E-state index contributed by atoms with van der Waals surface area (Å²) < 4.78 is 68.0. The molecule has 2 bridgehead atoms. The van der Waals surface area contributed by atoms with Crippen LogP contribution < -0.4 is 24.4 Å². The number of ether oxygens (including phenoxy) is 6. The summed E-state index contributed by atoms with van der Waals surface area (Å²) in [5.41, 5.74) is -0.679. The van der Waals surface area contributed by atoms with Gasteiger partial charge in [-0.25, -0.2) is 23.4 Å². The molecule has 2 aromatic carbocycles. The van der Waals surface area contributed by atoms with Gasteiger partial charge in [-0.1, -0.05) is 57.4 Å². The summed E-state index contributed by atoms with van der Waals surface area (Å²) in [6, 6.07) is 4.23. The number of benzene rings is 2. The van der Waals surface area contributed by atoms with E-state index in [-0.39, 0.29) is 75.2 Å². The molecule has 0 unspecified atom stereocenters. The SMILES string of the molecule is C#Cc1c(F)ccc2cc(OC(=O)NC)cc(-c3nc4c5c(nc(OCC6(CN7CCOCC7)CC6)nc5c3F)N3C[C@H]5CC[C@@H]([C@H]3CO4)N5C(=O)OCOC(=O)CCCCCCCCC)c12. The summed E-state index contributed by atoms with van der Waals surface area (Å²) in [6.07, 6.45) is 15.3. The van der Waals surface area contributed by atoms with E-state index in [0.717, 1.165) is 51.7 Å². The van der Waals surface area contributed by atoms with Gasteiger partial charge in [-0.15, -0.1) is 6.42 Å². The number of aromatic nitrogens is 3. The second-order valence-electron chi connectivity index (χ2n) is 18.2. The molecule has 4 aliphatic heterocycles. The number of rotatable bonds is 17. The second-order valence-corrected chi connectivity index (χ2v) is 18.2. The molecule has 3 atom stereocenters. The van der Waals surface area contributed by atoms with Crippen molar-refractivity contribution in [3.63, 3.8) is 0 Å². The van der Waals surface area contributed by atoms with Crippen LogP contribution in [0, 0.1) is 29.4 Å².